The second-order valence-corrected chi connectivity index (χ2v) is 5.87. The highest BCUT2D eigenvalue weighted by atomic mass is 35.5. The fourth-order valence-corrected chi connectivity index (χ4v) is 2.95. The van der Waals surface area contributed by atoms with Gasteiger partial charge in [-0.15, -0.1) is 0 Å². The van der Waals surface area contributed by atoms with E-state index in [0.29, 0.717) is 10.8 Å². The molecule has 1 saturated heterocycles. The van der Waals surface area contributed by atoms with Crippen LogP contribution in [0, 0.1) is 0 Å². The van der Waals surface area contributed by atoms with E-state index in [2.05, 4.69) is 34.3 Å². The molecule has 2 unspecified atom stereocenters. The van der Waals surface area contributed by atoms with Crippen LogP contribution in [0.5, 0.6) is 0 Å². The van der Waals surface area contributed by atoms with Crippen LogP contribution in [-0.2, 0) is 0 Å². The van der Waals surface area contributed by atoms with Crippen LogP contribution in [0.2, 0.25) is 5.02 Å². The van der Waals surface area contributed by atoms with Crippen molar-refractivity contribution in [2.45, 2.75) is 18.5 Å². The van der Waals surface area contributed by atoms with Gasteiger partial charge in [0.25, 0.3) is 0 Å². The second kappa shape index (κ2) is 6.69. The van der Waals surface area contributed by atoms with Crippen molar-refractivity contribution in [3.05, 3.63) is 22.8 Å². The average Bonchev–Trinajstić information content (AvgIpc) is 2.57. The molecule has 0 radical (unpaired) electrons. The summed E-state index contributed by atoms with van der Waals surface area (Å²) >= 11 is 6.04. The van der Waals surface area contributed by atoms with Gasteiger partial charge >= 0.3 is 0 Å². The molecule has 0 spiro atoms. The van der Waals surface area contributed by atoms with Gasteiger partial charge in [0.2, 0.25) is 0 Å². The summed E-state index contributed by atoms with van der Waals surface area (Å²) in [4.78, 5) is 8.75. The third-order valence-corrected chi connectivity index (χ3v) is 4.14. The molecule has 2 atom stereocenters. The Hall–Kier alpha value is -0.920. The molecule has 7 heteroatoms. The van der Waals surface area contributed by atoms with Crippen molar-refractivity contribution in [3.8, 4) is 0 Å². The van der Waals surface area contributed by atoms with Crippen molar-refractivity contribution in [2.75, 3.05) is 39.5 Å². The number of anilines is 1. The quantitative estimate of drug-likeness (QED) is 0.555. The Kier molecular flexibility index (Phi) is 5.17. The Labute approximate surface area is 125 Å². The maximum atomic E-state index is 6.04. The summed E-state index contributed by atoms with van der Waals surface area (Å²) < 4.78 is 0. The molecule has 1 aromatic rings. The van der Waals surface area contributed by atoms with Gasteiger partial charge in [-0.1, -0.05) is 11.6 Å². The van der Waals surface area contributed by atoms with Gasteiger partial charge in [0.1, 0.15) is 5.82 Å². The minimum atomic E-state index is -0.105. The molecular weight excluding hydrogens is 276 g/mol. The van der Waals surface area contributed by atoms with Crippen LogP contribution in [0.15, 0.2) is 12.3 Å². The minimum absolute atomic E-state index is 0.105. The van der Waals surface area contributed by atoms with E-state index in [0.717, 1.165) is 31.6 Å². The number of halogens is 1. The van der Waals surface area contributed by atoms with Crippen LogP contribution < -0.4 is 17.0 Å². The Balaban J connectivity index is 2.32. The van der Waals surface area contributed by atoms with Crippen molar-refractivity contribution in [1.29, 1.82) is 0 Å². The molecule has 0 aromatic carbocycles. The highest BCUT2D eigenvalue weighted by Gasteiger charge is 2.30. The molecule has 2 rings (SSSR count). The van der Waals surface area contributed by atoms with Crippen LogP contribution in [0.25, 0.3) is 0 Å². The molecule has 0 amide bonds. The number of hydrazine groups is 1. The normalized spacial score (nSPS) is 23.5. The molecule has 20 heavy (non-hydrogen) atoms. The molecule has 5 N–H and O–H groups in total. The van der Waals surface area contributed by atoms with Crippen LogP contribution >= 0.6 is 11.6 Å². The molecule has 0 aliphatic carbocycles. The van der Waals surface area contributed by atoms with E-state index in [1.165, 1.54) is 0 Å². The van der Waals surface area contributed by atoms with E-state index in [9.17, 15) is 0 Å². The largest absolute Gasteiger partial charge is 0.383 e. The van der Waals surface area contributed by atoms with Gasteiger partial charge in [-0.2, -0.15) is 0 Å². The first kappa shape index (κ1) is 15.5. The predicted octanol–water partition coefficient (Wildman–Crippen LogP) is 0.458. The molecule has 1 aliphatic heterocycles. The third kappa shape index (κ3) is 3.39. The number of hydrogen-bond donors (Lipinski definition) is 3. The lowest BCUT2D eigenvalue weighted by Crippen LogP contribution is -2.49. The van der Waals surface area contributed by atoms with Gasteiger partial charge in [-0.05, 0) is 39.7 Å². The van der Waals surface area contributed by atoms with Crippen LogP contribution in [0.4, 0.5) is 5.82 Å². The molecule has 1 aromatic heterocycles. The molecule has 1 aliphatic rings. The van der Waals surface area contributed by atoms with Crippen LogP contribution in [0.3, 0.4) is 0 Å². The summed E-state index contributed by atoms with van der Waals surface area (Å²) in [5.74, 6) is 6.26. The first-order chi connectivity index (χ1) is 9.52. The smallest absolute Gasteiger partial charge is 0.128 e. The summed E-state index contributed by atoms with van der Waals surface area (Å²) in [5, 5.41) is 0.569. The molecule has 0 saturated carbocycles. The van der Waals surface area contributed by atoms with Crippen molar-refractivity contribution in [3.63, 3.8) is 0 Å². The first-order valence-electron chi connectivity index (χ1n) is 6.78. The van der Waals surface area contributed by atoms with Gasteiger partial charge in [0, 0.05) is 24.3 Å². The van der Waals surface area contributed by atoms with Crippen molar-refractivity contribution in [1.82, 2.24) is 20.2 Å². The lowest BCUT2D eigenvalue weighted by Gasteiger charge is -2.34. The van der Waals surface area contributed by atoms with Crippen LogP contribution in [0.1, 0.15) is 18.0 Å². The summed E-state index contributed by atoms with van der Waals surface area (Å²) in [6, 6.07) is 1.95. The zero-order valence-corrected chi connectivity index (χ0v) is 12.8. The molecular formula is C13H23ClN6. The van der Waals surface area contributed by atoms with Crippen molar-refractivity contribution < 1.29 is 0 Å². The molecule has 112 valence electrons. The minimum Gasteiger partial charge on any atom is -0.383 e. The highest BCUT2D eigenvalue weighted by Crippen LogP contribution is 2.27. The Morgan fingerprint density at radius 3 is 2.90 bits per heavy atom. The Bertz CT molecular complexity index is 454. The fourth-order valence-electron chi connectivity index (χ4n) is 2.79. The number of nitrogen functional groups attached to an aromatic ring is 1. The number of likely N-dealkylation sites (N-methyl/N-ethyl adjacent to an activating group) is 2. The Morgan fingerprint density at radius 2 is 2.20 bits per heavy atom. The summed E-state index contributed by atoms with van der Waals surface area (Å²) in [5.41, 5.74) is 9.74. The Morgan fingerprint density at radius 1 is 1.45 bits per heavy atom. The average molecular weight is 299 g/mol. The van der Waals surface area contributed by atoms with Gasteiger partial charge in [-0.3, -0.25) is 11.3 Å². The molecule has 0 bridgehead atoms. The maximum absolute atomic E-state index is 6.04. The number of hydrogen-bond acceptors (Lipinski definition) is 6. The third-order valence-electron chi connectivity index (χ3n) is 3.93. The first-order valence-corrected chi connectivity index (χ1v) is 7.16. The van der Waals surface area contributed by atoms with Gasteiger partial charge in [0.15, 0.2) is 0 Å². The summed E-state index contributed by atoms with van der Waals surface area (Å²) in [6.45, 7) is 3.03. The second-order valence-electron chi connectivity index (χ2n) is 5.44. The zero-order valence-electron chi connectivity index (χ0n) is 12.0. The van der Waals surface area contributed by atoms with E-state index in [4.69, 9.17) is 23.2 Å². The number of nitrogens with one attached hydrogen (secondary N) is 1. The topological polar surface area (TPSA) is 83.4 Å². The standard InChI is InChI=1S/C13H23ClN6/c1-19-4-3-5-20(2)11(8-19)12(18-16)10-6-9(14)7-17-13(10)15/h6-7,11-12,18H,3-5,8,16H2,1-2H3,(H2,15,17). The van der Waals surface area contributed by atoms with E-state index < -0.39 is 0 Å². The monoisotopic (exact) mass is 298 g/mol. The molecule has 6 nitrogen and oxygen atoms in total. The molecule has 1 fully saturated rings. The molecule has 2 heterocycles. The number of aromatic nitrogens is 1. The number of nitrogens with zero attached hydrogens (tertiary/aromatic N) is 3. The predicted molar refractivity (Wildman–Crippen MR) is 82.3 cm³/mol. The fraction of sp³-hybridized carbons (Fsp3) is 0.615. The van der Waals surface area contributed by atoms with E-state index in [1.54, 1.807) is 6.20 Å². The van der Waals surface area contributed by atoms with Gasteiger partial charge < -0.3 is 15.5 Å². The van der Waals surface area contributed by atoms with Crippen molar-refractivity contribution >= 4 is 17.4 Å². The number of nitrogens with two attached hydrogens (primary N) is 2. The number of rotatable bonds is 3. The van der Waals surface area contributed by atoms with E-state index >= 15 is 0 Å². The van der Waals surface area contributed by atoms with Crippen molar-refractivity contribution in [2.24, 2.45) is 5.84 Å². The SMILES string of the molecule is CN1CCCN(C)C(C(NN)c2cc(Cl)cnc2N)C1. The highest BCUT2D eigenvalue weighted by molar-refractivity contribution is 6.30. The van der Waals surface area contributed by atoms with Crippen LogP contribution in [-0.4, -0.2) is 54.6 Å². The summed E-state index contributed by atoms with van der Waals surface area (Å²) in [7, 11) is 4.24. The lowest BCUT2D eigenvalue weighted by atomic mass is 9.99. The van der Waals surface area contributed by atoms with E-state index in [1.807, 2.05) is 6.07 Å². The summed E-state index contributed by atoms with van der Waals surface area (Å²) in [6.07, 6.45) is 2.70. The lowest BCUT2D eigenvalue weighted by molar-refractivity contribution is 0.179. The number of pyridine rings is 1. The maximum Gasteiger partial charge on any atom is 0.128 e. The zero-order chi connectivity index (χ0) is 14.7. The van der Waals surface area contributed by atoms with E-state index in [-0.39, 0.29) is 12.1 Å². The van der Waals surface area contributed by atoms with Gasteiger partial charge in [-0.25, -0.2) is 4.98 Å². The van der Waals surface area contributed by atoms with Gasteiger partial charge in [0.05, 0.1) is 11.1 Å².